The maximum absolute atomic E-state index is 13.6. The lowest BCUT2D eigenvalue weighted by molar-refractivity contribution is -0.298. The van der Waals surface area contributed by atoms with E-state index in [2.05, 4.69) is 5.32 Å². The third-order valence-corrected chi connectivity index (χ3v) is 10.2. The zero-order valence-corrected chi connectivity index (χ0v) is 30.4. The second-order valence-electron chi connectivity index (χ2n) is 14.4. The minimum absolute atomic E-state index is 0.232. The smallest absolute Gasteiger partial charge is 0.412 e. The molecule has 1 fully saturated rings. The molecule has 4 rings (SSSR count). The van der Waals surface area contributed by atoms with Crippen LogP contribution in [0.3, 0.4) is 0 Å². The number of methoxy groups -OCH3 is 1. The molecule has 11 nitrogen and oxygen atoms in total. The second-order valence-corrected chi connectivity index (χ2v) is 14.4. The molecule has 1 aromatic carbocycles. The number of nitrogens with one attached hydrogen (secondary N) is 1. The van der Waals surface area contributed by atoms with E-state index < -0.39 is 65.8 Å². The third kappa shape index (κ3) is 8.08. The molecule has 3 aliphatic heterocycles. The number of aliphatic hydroxyl groups is 1. The van der Waals surface area contributed by atoms with Crippen molar-refractivity contribution in [3.8, 4) is 0 Å². The number of fused-ring (bicyclic) bond motifs is 2. The number of amides is 1. The molecule has 11 heteroatoms. The van der Waals surface area contributed by atoms with Gasteiger partial charge in [0.05, 0.1) is 35.9 Å². The van der Waals surface area contributed by atoms with E-state index in [1.54, 1.807) is 26.2 Å². The Morgan fingerprint density at radius 3 is 2.40 bits per heavy atom. The Kier molecular flexibility index (Phi) is 12.1. The molecule has 48 heavy (non-hydrogen) atoms. The molecule has 0 radical (unpaired) electrons. The first-order chi connectivity index (χ1) is 22.5. The lowest BCUT2D eigenvalue weighted by Gasteiger charge is -2.48. The summed E-state index contributed by atoms with van der Waals surface area (Å²) in [5, 5.41) is 14.6. The van der Waals surface area contributed by atoms with Crippen LogP contribution in [0.15, 0.2) is 53.3 Å². The summed E-state index contributed by atoms with van der Waals surface area (Å²) >= 11 is 0. The van der Waals surface area contributed by atoms with Gasteiger partial charge >= 0.3 is 12.1 Å². The maximum Gasteiger partial charge on any atom is 0.412 e. The Morgan fingerprint density at radius 2 is 1.79 bits per heavy atom. The number of benzene rings is 1. The summed E-state index contributed by atoms with van der Waals surface area (Å²) in [6, 6.07) is 8.82. The minimum Gasteiger partial charge on any atom is -0.479 e. The normalized spacial score (nSPS) is 39.3. The van der Waals surface area contributed by atoms with E-state index in [1.165, 1.54) is 0 Å². The Hall–Kier alpha value is -2.96. The van der Waals surface area contributed by atoms with Crippen LogP contribution in [0.4, 0.5) is 10.5 Å². The maximum atomic E-state index is 13.6. The van der Waals surface area contributed by atoms with Crippen LogP contribution in [-0.2, 0) is 33.2 Å². The van der Waals surface area contributed by atoms with E-state index in [4.69, 9.17) is 28.4 Å². The summed E-state index contributed by atoms with van der Waals surface area (Å²) < 4.78 is 38.3. The summed E-state index contributed by atoms with van der Waals surface area (Å²) in [5.41, 5.74) is 0.535. The molecule has 0 saturated carbocycles. The third-order valence-electron chi connectivity index (χ3n) is 10.2. The predicted octanol–water partition coefficient (Wildman–Crippen LogP) is 5.83. The molecule has 0 aromatic heterocycles. The number of carbonyl (C=O) groups is 2. The standard InChI is InChI=1S/C37H56N2O9/c1-12-28-36(7)19-21(2)30(48-36)22(3)20-37(8,43-11)32(24(5)29(40)25(6)33(41)45-28)47-34-31(27(39(9)10)18-23(4)44-34)46-35(42)38-26-16-14-13-15-17-26/h13-17,19,23-25,27-29,31-32,34,40H,12,18,20H2,1-11H3,(H,38,42)/b30-22+/t23-,24+,25-,27+,28-,29+,31+,32-,34?,36+,37-/m1/s1. The zero-order valence-electron chi connectivity index (χ0n) is 30.4. The van der Waals surface area contributed by atoms with E-state index in [0.717, 1.165) is 11.1 Å². The van der Waals surface area contributed by atoms with Gasteiger partial charge in [0, 0.05) is 25.1 Å². The molecule has 1 saturated heterocycles. The van der Waals surface area contributed by atoms with Crippen LogP contribution < -0.4 is 5.32 Å². The molecule has 3 heterocycles. The van der Waals surface area contributed by atoms with Crippen LogP contribution in [-0.4, -0.2) is 97.3 Å². The molecule has 268 valence electrons. The van der Waals surface area contributed by atoms with Crippen LogP contribution in [0.1, 0.15) is 74.7 Å². The van der Waals surface area contributed by atoms with E-state index >= 15 is 0 Å². The van der Waals surface area contributed by atoms with Gasteiger partial charge in [-0.05, 0) is 97.8 Å². The number of para-hydroxylation sites is 1. The molecular formula is C37H56N2O9. The number of aliphatic hydroxyl groups excluding tert-OH is 1. The first-order valence-corrected chi connectivity index (χ1v) is 17.1. The van der Waals surface area contributed by atoms with Gasteiger partial charge in [-0.25, -0.2) is 4.79 Å². The van der Waals surface area contributed by atoms with E-state index in [1.807, 2.05) is 91.7 Å². The number of ether oxygens (including phenoxy) is 6. The molecule has 1 aromatic rings. The van der Waals surface area contributed by atoms with Gasteiger partial charge < -0.3 is 38.4 Å². The van der Waals surface area contributed by atoms with Gasteiger partial charge in [0.25, 0.3) is 0 Å². The van der Waals surface area contributed by atoms with Crippen molar-refractivity contribution < 1.29 is 43.1 Å². The van der Waals surface area contributed by atoms with Gasteiger partial charge in [0.2, 0.25) is 0 Å². The topological polar surface area (TPSA) is 125 Å². The van der Waals surface area contributed by atoms with Gasteiger partial charge in [-0.15, -0.1) is 0 Å². The molecule has 2 N–H and O–H groups in total. The van der Waals surface area contributed by atoms with Crippen molar-refractivity contribution in [1.29, 1.82) is 0 Å². The number of likely N-dealkylation sites (N-methyl/N-ethyl adjacent to an activating group) is 1. The number of carbonyl (C=O) groups excluding carboxylic acids is 2. The van der Waals surface area contributed by atoms with Crippen molar-refractivity contribution in [2.75, 3.05) is 26.5 Å². The van der Waals surface area contributed by atoms with E-state index in [0.29, 0.717) is 30.7 Å². The van der Waals surface area contributed by atoms with Crippen molar-refractivity contribution in [2.45, 2.75) is 129 Å². The summed E-state index contributed by atoms with van der Waals surface area (Å²) in [4.78, 5) is 28.8. The molecule has 1 amide bonds. The lowest BCUT2D eigenvalue weighted by atomic mass is 9.78. The van der Waals surface area contributed by atoms with Gasteiger partial charge in [-0.3, -0.25) is 10.1 Å². The highest BCUT2D eigenvalue weighted by atomic mass is 16.7. The van der Waals surface area contributed by atoms with Gasteiger partial charge in [0.15, 0.2) is 18.0 Å². The molecule has 11 atom stereocenters. The highest BCUT2D eigenvalue weighted by Gasteiger charge is 2.51. The Bertz CT molecular complexity index is 1350. The highest BCUT2D eigenvalue weighted by molar-refractivity contribution is 5.84. The molecule has 0 spiro atoms. The fourth-order valence-corrected chi connectivity index (χ4v) is 7.46. The number of rotatable bonds is 7. The fourth-order valence-electron chi connectivity index (χ4n) is 7.46. The van der Waals surface area contributed by atoms with Crippen molar-refractivity contribution in [3.63, 3.8) is 0 Å². The lowest BCUT2D eigenvalue weighted by Crippen LogP contribution is -2.60. The Labute approximate surface area is 285 Å². The second kappa shape index (κ2) is 15.3. The minimum atomic E-state index is -1.17. The predicted molar refractivity (Wildman–Crippen MR) is 182 cm³/mol. The largest absolute Gasteiger partial charge is 0.479 e. The molecule has 0 aliphatic carbocycles. The summed E-state index contributed by atoms with van der Waals surface area (Å²) in [5.74, 6) is -1.37. The Balaban J connectivity index is 1.76. The van der Waals surface area contributed by atoms with Crippen molar-refractivity contribution in [2.24, 2.45) is 11.8 Å². The van der Waals surface area contributed by atoms with E-state index in [-0.39, 0.29) is 12.1 Å². The van der Waals surface area contributed by atoms with Crippen molar-refractivity contribution in [3.05, 3.63) is 53.3 Å². The molecular weight excluding hydrogens is 616 g/mol. The number of hydrogen-bond acceptors (Lipinski definition) is 10. The number of anilines is 1. The van der Waals surface area contributed by atoms with Gasteiger partial charge in [-0.2, -0.15) is 0 Å². The zero-order chi connectivity index (χ0) is 35.6. The van der Waals surface area contributed by atoms with Crippen molar-refractivity contribution in [1.82, 2.24) is 4.90 Å². The Morgan fingerprint density at radius 1 is 1.12 bits per heavy atom. The molecule has 3 aliphatic rings. The monoisotopic (exact) mass is 672 g/mol. The number of hydrogen-bond donors (Lipinski definition) is 2. The molecule has 1 unspecified atom stereocenters. The highest BCUT2D eigenvalue weighted by Crippen LogP contribution is 2.43. The number of allylic oxidation sites excluding steroid dienone is 1. The van der Waals surface area contributed by atoms with Crippen LogP contribution >= 0.6 is 0 Å². The summed E-state index contributed by atoms with van der Waals surface area (Å²) in [6.07, 6.45) is -1.82. The average molecular weight is 673 g/mol. The summed E-state index contributed by atoms with van der Waals surface area (Å²) in [6.45, 7) is 15.2. The first kappa shape index (κ1) is 37.9. The fraction of sp³-hybridized carbons (Fsp3) is 0.676. The SMILES string of the molecule is CC[C@H]1OC(=O)[C@H](C)[C@@H](O)[C@H](C)[C@@H](OC2O[C@H](C)C[C@H](N(C)C)[C@@H]2OC(=O)Nc2ccccc2)[C@](C)(OC)C/C(C)=C2/O[C@@]1(C)C=C2C. The number of cyclic esters (lactones) is 1. The van der Waals surface area contributed by atoms with Crippen LogP contribution in [0, 0.1) is 11.8 Å². The van der Waals surface area contributed by atoms with Gasteiger partial charge in [-0.1, -0.05) is 32.0 Å². The van der Waals surface area contributed by atoms with Crippen LogP contribution in [0.25, 0.3) is 0 Å². The molecule has 2 bridgehead atoms. The quantitative estimate of drug-likeness (QED) is 0.342. The van der Waals surface area contributed by atoms with Crippen LogP contribution in [0.2, 0.25) is 0 Å². The number of esters is 1. The average Bonchev–Trinajstić information content (AvgIpc) is 3.36. The summed E-state index contributed by atoms with van der Waals surface area (Å²) in [7, 11) is 5.45. The van der Waals surface area contributed by atoms with Crippen molar-refractivity contribution >= 4 is 17.7 Å². The number of nitrogens with zero attached hydrogens (tertiary/aromatic N) is 1. The first-order valence-electron chi connectivity index (χ1n) is 17.1. The van der Waals surface area contributed by atoms with Crippen LogP contribution in [0.5, 0.6) is 0 Å². The van der Waals surface area contributed by atoms with Gasteiger partial charge in [0.1, 0.15) is 11.9 Å². The van der Waals surface area contributed by atoms with E-state index in [9.17, 15) is 14.7 Å².